The number of amides is 1. The van der Waals surface area contributed by atoms with Crippen molar-refractivity contribution in [1.82, 2.24) is 4.90 Å². The second-order valence-corrected chi connectivity index (χ2v) is 11.2. The van der Waals surface area contributed by atoms with Gasteiger partial charge in [-0.15, -0.1) is 0 Å². The lowest BCUT2D eigenvalue weighted by Gasteiger charge is -2.27. The first-order valence-electron chi connectivity index (χ1n) is 13.1. The maximum Gasteiger partial charge on any atom is 0.295 e. The van der Waals surface area contributed by atoms with E-state index in [2.05, 4.69) is 20.8 Å². The summed E-state index contributed by atoms with van der Waals surface area (Å²) in [5.41, 5.74) is 3.41. The Kier molecular flexibility index (Phi) is 8.85. The molecule has 0 bridgehead atoms. The summed E-state index contributed by atoms with van der Waals surface area (Å²) in [6.45, 7) is 15.2. The van der Waals surface area contributed by atoms with Gasteiger partial charge in [0.1, 0.15) is 11.5 Å². The van der Waals surface area contributed by atoms with Crippen molar-refractivity contribution in [2.75, 3.05) is 20.3 Å². The summed E-state index contributed by atoms with van der Waals surface area (Å²) in [5, 5.41) is 11.5. The van der Waals surface area contributed by atoms with Gasteiger partial charge in [0.05, 0.1) is 24.8 Å². The van der Waals surface area contributed by atoms with Crippen LogP contribution >= 0.6 is 0 Å². The molecule has 2 aromatic carbocycles. The molecule has 1 aliphatic heterocycles. The van der Waals surface area contributed by atoms with Crippen molar-refractivity contribution in [3.05, 3.63) is 70.3 Å². The van der Waals surface area contributed by atoms with E-state index in [0.717, 1.165) is 16.7 Å². The molecule has 1 atom stereocenters. The Labute approximate surface area is 221 Å². The van der Waals surface area contributed by atoms with Crippen molar-refractivity contribution in [3.63, 3.8) is 0 Å². The Bertz CT molecular complexity index is 1160. The fourth-order valence-electron chi connectivity index (χ4n) is 4.66. The standard InChI is InChI=1S/C31H41NO5/c1-19(2)24-18-22(12-15-25(24)36-8)28(33)26-27(21-10-13-23(14-11-21)31(5,6)7)32(30(35)29(26)34)16-9-17-37-20(3)4/h10-15,18-20,27,33H,9,16-17H2,1-8H3/b28-26-. The van der Waals surface area contributed by atoms with Crippen LogP contribution in [0, 0.1) is 0 Å². The van der Waals surface area contributed by atoms with Crippen LogP contribution in [0.5, 0.6) is 5.75 Å². The zero-order chi connectivity index (χ0) is 27.5. The fraction of sp³-hybridized carbons (Fsp3) is 0.484. The minimum absolute atomic E-state index is 0.0368. The molecule has 1 aliphatic rings. The Balaban J connectivity index is 2.11. The zero-order valence-electron chi connectivity index (χ0n) is 23.4. The number of Topliss-reactive ketones (excluding diaryl/α,β-unsaturated/α-hetero) is 1. The molecule has 1 saturated heterocycles. The van der Waals surface area contributed by atoms with Gasteiger partial charge in [0, 0.05) is 18.7 Å². The number of aliphatic hydroxyl groups excluding tert-OH is 1. The molecule has 1 unspecified atom stereocenters. The van der Waals surface area contributed by atoms with Gasteiger partial charge in [-0.25, -0.2) is 0 Å². The minimum atomic E-state index is -0.683. The Morgan fingerprint density at radius 2 is 1.68 bits per heavy atom. The molecule has 0 saturated carbocycles. The Morgan fingerprint density at radius 3 is 2.22 bits per heavy atom. The fourth-order valence-corrected chi connectivity index (χ4v) is 4.66. The molecular formula is C31H41NO5. The molecule has 6 nitrogen and oxygen atoms in total. The first kappa shape index (κ1) is 28.5. The van der Waals surface area contributed by atoms with Crippen LogP contribution < -0.4 is 4.74 Å². The normalized spacial score (nSPS) is 17.8. The number of methoxy groups -OCH3 is 1. The monoisotopic (exact) mass is 507 g/mol. The van der Waals surface area contributed by atoms with E-state index < -0.39 is 17.7 Å². The van der Waals surface area contributed by atoms with Crippen LogP contribution in [0.15, 0.2) is 48.0 Å². The molecule has 1 heterocycles. The molecule has 6 heteroatoms. The number of carbonyl (C=O) groups excluding carboxylic acids is 2. The first-order valence-corrected chi connectivity index (χ1v) is 13.1. The SMILES string of the molecule is COc1ccc(/C(O)=C2/C(=O)C(=O)N(CCCOC(C)C)C2c2ccc(C(C)(C)C)cc2)cc1C(C)C. The van der Waals surface area contributed by atoms with Crippen molar-refractivity contribution in [1.29, 1.82) is 0 Å². The van der Waals surface area contributed by atoms with E-state index in [-0.39, 0.29) is 28.8 Å². The summed E-state index contributed by atoms with van der Waals surface area (Å²) in [7, 11) is 1.61. The minimum Gasteiger partial charge on any atom is -0.507 e. The molecular weight excluding hydrogens is 466 g/mol. The van der Waals surface area contributed by atoms with Crippen LogP contribution in [-0.2, 0) is 19.7 Å². The van der Waals surface area contributed by atoms with Crippen molar-refractivity contribution in [3.8, 4) is 5.75 Å². The number of hydrogen-bond acceptors (Lipinski definition) is 5. The van der Waals surface area contributed by atoms with Gasteiger partial charge in [-0.05, 0) is 66.5 Å². The van der Waals surface area contributed by atoms with Crippen LogP contribution in [0.25, 0.3) is 5.76 Å². The molecule has 0 radical (unpaired) electrons. The lowest BCUT2D eigenvalue weighted by atomic mass is 9.85. The van der Waals surface area contributed by atoms with Gasteiger partial charge in [-0.2, -0.15) is 0 Å². The lowest BCUT2D eigenvalue weighted by Crippen LogP contribution is -2.31. The highest BCUT2D eigenvalue weighted by Crippen LogP contribution is 2.41. The number of nitrogens with zero attached hydrogens (tertiary/aromatic N) is 1. The maximum atomic E-state index is 13.4. The quantitative estimate of drug-likeness (QED) is 0.185. The number of likely N-dealkylation sites (tertiary alicyclic amines) is 1. The second-order valence-electron chi connectivity index (χ2n) is 11.2. The Hall–Kier alpha value is -3.12. The number of ether oxygens (including phenoxy) is 2. The van der Waals surface area contributed by atoms with E-state index >= 15 is 0 Å². The highest BCUT2D eigenvalue weighted by Gasteiger charge is 2.45. The van der Waals surface area contributed by atoms with Crippen molar-refractivity contribution >= 4 is 17.4 Å². The van der Waals surface area contributed by atoms with Crippen molar-refractivity contribution in [2.24, 2.45) is 0 Å². The second kappa shape index (κ2) is 11.5. The van der Waals surface area contributed by atoms with Gasteiger partial charge in [0.25, 0.3) is 11.7 Å². The third kappa shape index (κ3) is 6.24. The number of hydrogen-bond donors (Lipinski definition) is 1. The van der Waals surface area contributed by atoms with E-state index in [0.29, 0.717) is 30.9 Å². The molecule has 3 rings (SSSR count). The van der Waals surface area contributed by atoms with Crippen LogP contribution in [0.1, 0.15) is 89.1 Å². The average molecular weight is 508 g/mol. The lowest BCUT2D eigenvalue weighted by molar-refractivity contribution is -0.140. The number of ketones is 1. The van der Waals surface area contributed by atoms with Gasteiger partial charge in [0.15, 0.2) is 0 Å². The van der Waals surface area contributed by atoms with E-state index in [4.69, 9.17) is 9.47 Å². The summed E-state index contributed by atoms with van der Waals surface area (Å²) < 4.78 is 11.1. The molecule has 0 aromatic heterocycles. The summed E-state index contributed by atoms with van der Waals surface area (Å²) in [6.07, 6.45) is 0.670. The number of aliphatic hydroxyl groups is 1. The van der Waals surface area contributed by atoms with E-state index in [9.17, 15) is 14.7 Å². The first-order chi connectivity index (χ1) is 17.4. The van der Waals surface area contributed by atoms with Gasteiger partial charge in [0.2, 0.25) is 0 Å². The molecule has 0 spiro atoms. The number of carbonyl (C=O) groups is 2. The summed E-state index contributed by atoms with van der Waals surface area (Å²) in [6, 6.07) is 12.6. The van der Waals surface area contributed by atoms with Crippen LogP contribution in [0.2, 0.25) is 0 Å². The molecule has 1 fully saturated rings. The van der Waals surface area contributed by atoms with Crippen LogP contribution in [0.4, 0.5) is 0 Å². The molecule has 0 aliphatic carbocycles. The van der Waals surface area contributed by atoms with Crippen molar-refractivity contribution in [2.45, 2.75) is 78.4 Å². The average Bonchev–Trinajstić information content (AvgIpc) is 3.10. The topological polar surface area (TPSA) is 76.1 Å². The number of rotatable bonds is 9. The third-order valence-electron chi connectivity index (χ3n) is 6.75. The molecule has 2 aromatic rings. The third-order valence-corrected chi connectivity index (χ3v) is 6.75. The van der Waals surface area contributed by atoms with Gasteiger partial charge in [-0.1, -0.05) is 58.9 Å². The molecule has 1 amide bonds. The summed E-state index contributed by atoms with van der Waals surface area (Å²) >= 11 is 0. The number of benzene rings is 2. The van der Waals surface area contributed by atoms with Crippen molar-refractivity contribution < 1.29 is 24.2 Å². The highest BCUT2D eigenvalue weighted by molar-refractivity contribution is 6.46. The van der Waals surface area contributed by atoms with Crippen LogP contribution in [0.3, 0.4) is 0 Å². The maximum absolute atomic E-state index is 13.4. The van der Waals surface area contributed by atoms with Gasteiger partial charge < -0.3 is 19.5 Å². The molecule has 37 heavy (non-hydrogen) atoms. The van der Waals surface area contributed by atoms with E-state index in [1.807, 2.05) is 58.0 Å². The molecule has 200 valence electrons. The predicted octanol–water partition coefficient (Wildman–Crippen LogP) is 6.35. The summed E-state index contributed by atoms with van der Waals surface area (Å²) in [5.74, 6) is -0.588. The van der Waals surface area contributed by atoms with E-state index in [1.165, 1.54) is 0 Å². The van der Waals surface area contributed by atoms with Crippen LogP contribution in [-0.4, -0.2) is 48.1 Å². The van der Waals surface area contributed by atoms with E-state index in [1.54, 1.807) is 24.1 Å². The summed E-state index contributed by atoms with van der Waals surface area (Å²) in [4.78, 5) is 28.2. The largest absolute Gasteiger partial charge is 0.507 e. The van der Waals surface area contributed by atoms with Gasteiger partial charge >= 0.3 is 0 Å². The highest BCUT2D eigenvalue weighted by atomic mass is 16.5. The zero-order valence-corrected chi connectivity index (χ0v) is 23.4. The smallest absolute Gasteiger partial charge is 0.295 e. The van der Waals surface area contributed by atoms with Gasteiger partial charge in [-0.3, -0.25) is 9.59 Å². The molecule has 1 N–H and O–H groups in total. The Morgan fingerprint density at radius 1 is 1.03 bits per heavy atom. The predicted molar refractivity (Wildman–Crippen MR) is 147 cm³/mol.